The number of nitrogen functional groups attached to an aromatic ring is 1. The zero-order valence-electron chi connectivity index (χ0n) is 10.3. The monoisotopic (exact) mass is 223 g/mol. The standard InChI is InChI=1S/C16H17N/c1-12-3-6-14(7-4-12)8-10-15-9-5-13(2)11-16(15)17/h3-11H,17H2,1-2H3. The Morgan fingerprint density at radius 1 is 0.824 bits per heavy atom. The van der Waals surface area contributed by atoms with Crippen LogP contribution < -0.4 is 5.73 Å². The minimum absolute atomic E-state index is 0.827. The fraction of sp³-hybridized carbons (Fsp3) is 0.125. The van der Waals surface area contributed by atoms with Gasteiger partial charge < -0.3 is 5.73 Å². The molecule has 0 aliphatic carbocycles. The minimum Gasteiger partial charge on any atom is -0.398 e. The molecule has 0 aliphatic heterocycles. The quantitative estimate of drug-likeness (QED) is 0.603. The molecule has 2 N–H and O–H groups in total. The summed E-state index contributed by atoms with van der Waals surface area (Å²) in [5.74, 6) is 0. The van der Waals surface area contributed by atoms with E-state index in [4.69, 9.17) is 5.73 Å². The van der Waals surface area contributed by atoms with Crippen LogP contribution in [0, 0.1) is 13.8 Å². The highest BCUT2D eigenvalue weighted by Gasteiger charge is 1.94. The zero-order chi connectivity index (χ0) is 12.3. The van der Waals surface area contributed by atoms with Gasteiger partial charge in [0.15, 0.2) is 0 Å². The molecule has 1 heteroatoms. The Morgan fingerprint density at radius 3 is 2.12 bits per heavy atom. The van der Waals surface area contributed by atoms with Crippen LogP contribution >= 0.6 is 0 Å². The summed E-state index contributed by atoms with van der Waals surface area (Å²) < 4.78 is 0. The smallest absolute Gasteiger partial charge is 0.0390 e. The van der Waals surface area contributed by atoms with Gasteiger partial charge in [0, 0.05) is 5.69 Å². The average Bonchev–Trinajstić information content (AvgIpc) is 2.30. The average molecular weight is 223 g/mol. The second-order valence-electron chi connectivity index (χ2n) is 4.38. The molecule has 86 valence electrons. The third kappa shape index (κ3) is 2.97. The van der Waals surface area contributed by atoms with E-state index < -0.39 is 0 Å². The summed E-state index contributed by atoms with van der Waals surface area (Å²) in [6, 6.07) is 14.6. The molecule has 0 amide bonds. The number of benzene rings is 2. The molecule has 2 aromatic rings. The van der Waals surface area contributed by atoms with Gasteiger partial charge in [-0.1, -0.05) is 54.1 Å². The van der Waals surface area contributed by atoms with Crippen molar-refractivity contribution in [3.8, 4) is 0 Å². The molecule has 0 atom stereocenters. The Hall–Kier alpha value is -2.02. The highest BCUT2D eigenvalue weighted by Crippen LogP contribution is 2.17. The molecule has 2 rings (SSSR count). The molecular weight excluding hydrogens is 206 g/mol. The molecule has 0 heterocycles. The Balaban J connectivity index is 2.23. The van der Waals surface area contributed by atoms with Crippen molar-refractivity contribution < 1.29 is 0 Å². The number of anilines is 1. The molecule has 0 aromatic heterocycles. The molecule has 1 nitrogen and oxygen atoms in total. The SMILES string of the molecule is Cc1ccc(C=Cc2ccc(C)cc2N)cc1. The van der Waals surface area contributed by atoms with Gasteiger partial charge in [-0.25, -0.2) is 0 Å². The lowest BCUT2D eigenvalue weighted by Gasteiger charge is -2.01. The molecule has 0 fully saturated rings. The van der Waals surface area contributed by atoms with Crippen LogP contribution in [0.15, 0.2) is 42.5 Å². The summed E-state index contributed by atoms with van der Waals surface area (Å²) in [6.45, 7) is 4.13. The van der Waals surface area contributed by atoms with Gasteiger partial charge in [0.25, 0.3) is 0 Å². The Morgan fingerprint density at radius 2 is 1.47 bits per heavy atom. The van der Waals surface area contributed by atoms with Gasteiger partial charge in [-0.05, 0) is 36.6 Å². The van der Waals surface area contributed by atoms with Gasteiger partial charge in [0.1, 0.15) is 0 Å². The van der Waals surface area contributed by atoms with Crippen LogP contribution in [0.5, 0.6) is 0 Å². The van der Waals surface area contributed by atoms with E-state index in [1.54, 1.807) is 0 Å². The fourth-order valence-electron chi connectivity index (χ4n) is 1.71. The molecule has 2 aromatic carbocycles. The number of hydrogen-bond acceptors (Lipinski definition) is 1. The van der Waals surface area contributed by atoms with Crippen LogP contribution in [-0.4, -0.2) is 0 Å². The topological polar surface area (TPSA) is 26.0 Å². The van der Waals surface area contributed by atoms with Gasteiger partial charge in [0.05, 0.1) is 0 Å². The van der Waals surface area contributed by atoms with Crippen molar-refractivity contribution in [3.63, 3.8) is 0 Å². The summed E-state index contributed by atoms with van der Waals surface area (Å²) in [7, 11) is 0. The second kappa shape index (κ2) is 4.88. The van der Waals surface area contributed by atoms with Crippen LogP contribution in [0.1, 0.15) is 22.3 Å². The summed E-state index contributed by atoms with van der Waals surface area (Å²) in [5, 5.41) is 0. The maximum Gasteiger partial charge on any atom is 0.0390 e. The first-order valence-corrected chi connectivity index (χ1v) is 5.76. The van der Waals surface area contributed by atoms with E-state index in [0.29, 0.717) is 0 Å². The Labute approximate surface area is 103 Å². The Bertz CT molecular complexity index is 536. The van der Waals surface area contributed by atoms with E-state index in [2.05, 4.69) is 55.5 Å². The predicted octanol–water partition coefficient (Wildman–Crippen LogP) is 4.06. The molecule has 0 bridgehead atoms. The predicted molar refractivity (Wildman–Crippen MR) is 75.7 cm³/mol. The van der Waals surface area contributed by atoms with Crippen molar-refractivity contribution in [2.45, 2.75) is 13.8 Å². The van der Waals surface area contributed by atoms with Crippen molar-refractivity contribution in [2.24, 2.45) is 0 Å². The number of rotatable bonds is 2. The largest absolute Gasteiger partial charge is 0.398 e. The van der Waals surface area contributed by atoms with E-state index in [1.807, 2.05) is 13.0 Å². The molecule has 0 spiro atoms. The lowest BCUT2D eigenvalue weighted by molar-refractivity contribution is 1.46. The molecule has 17 heavy (non-hydrogen) atoms. The first-order valence-electron chi connectivity index (χ1n) is 5.76. The number of hydrogen-bond donors (Lipinski definition) is 1. The highest BCUT2D eigenvalue weighted by atomic mass is 14.6. The lowest BCUT2D eigenvalue weighted by Crippen LogP contribution is -1.89. The maximum atomic E-state index is 5.96. The zero-order valence-corrected chi connectivity index (χ0v) is 10.3. The van der Waals surface area contributed by atoms with Crippen molar-refractivity contribution in [1.29, 1.82) is 0 Å². The van der Waals surface area contributed by atoms with Crippen molar-refractivity contribution in [3.05, 3.63) is 64.7 Å². The van der Waals surface area contributed by atoms with Crippen LogP contribution in [0.4, 0.5) is 5.69 Å². The van der Waals surface area contributed by atoms with E-state index in [9.17, 15) is 0 Å². The second-order valence-corrected chi connectivity index (χ2v) is 4.38. The third-order valence-corrected chi connectivity index (χ3v) is 2.77. The van der Waals surface area contributed by atoms with E-state index >= 15 is 0 Å². The van der Waals surface area contributed by atoms with Gasteiger partial charge in [-0.3, -0.25) is 0 Å². The van der Waals surface area contributed by atoms with Crippen LogP contribution in [0.25, 0.3) is 12.2 Å². The first-order chi connectivity index (χ1) is 8.15. The van der Waals surface area contributed by atoms with Crippen molar-refractivity contribution in [1.82, 2.24) is 0 Å². The summed E-state index contributed by atoms with van der Waals surface area (Å²) >= 11 is 0. The van der Waals surface area contributed by atoms with Gasteiger partial charge in [0.2, 0.25) is 0 Å². The first kappa shape index (κ1) is 11.5. The number of aryl methyl sites for hydroxylation is 2. The summed E-state index contributed by atoms with van der Waals surface area (Å²) in [4.78, 5) is 0. The van der Waals surface area contributed by atoms with Crippen LogP contribution in [0.2, 0.25) is 0 Å². The summed E-state index contributed by atoms with van der Waals surface area (Å²) in [5.41, 5.74) is 11.5. The summed E-state index contributed by atoms with van der Waals surface area (Å²) in [6.07, 6.45) is 4.14. The maximum absolute atomic E-state index is 5.96. The van der Waals surface area contributed by atoms with Gasteiger partial charge in [-0.2, -0.15) is 0 Å². The van der Waals surface area contributed by atoms with Gasteiger partial charge in [-0.15, -0.1) is 0 Å². The molecule has 0 radical (unpaired) electrons. The molecule has 0 aliphatic rings. The normalized spacial score (nSPS) is 10.9. The van der Waals surface area contributed by atoms with E-state index in [0.717, 1.165) is 11.3 Å². The number of nitrogens with two attached hydrogens (primary N) is 1. The molecule has 0 saturated heterocycles. The lowest BCUT2D eigenvalue weighted by atomic mass is 10.1. The van der Waals surface area contributed by atoms with Gasteiger partial charge >= 0.3 is 0 Å². The fourth-order valence-corrected chi connectivity index (χ4v) is 1.71. The van der Waals surface area contributed by atoms with E-state index in [-0.39, 0.29) is 0 Å². The molecule has 0 unspecified atom stereocenters. The Kier molecular flexibility index (Phi) is 3.29. The van der Waals surface area contributed by atoms with Crippen molar-refractivity contribution in [2.75, 3.05) is 5.73 Å². The molecular formula is C16H17N. The molecule has 0 saturated carbocycles. The minimum atomic E-state index is 0.827. The highest BCUT2D eigenvalue weighted by molar-refractivity contribution is 5.75. The van der Waals surface area contributed by atoms with Crippen LogP contribution in [-0.2, 0) is 0 Å². The van der Waals surface area contributed by atoms with Crippen LogP contribution in [0.3, 0.4) is 0 Å². The van der Waals surface area contributed by atoms with Crippen molar-refractivity contribution >= 4 is 17.8 Å². The third-order valence-electron chi connectivity index (χ3n) is 2.77. The van der Waals surface area contributed by atoms with E-state index in [1.165, 1.54) is 16.7 Å².